The Morgan fingerprint density at radius 1 is 0.933 bits per heavy atom. The summed E-state index contributed by atoms with van der Waals surface area (Å²) in [4.78, 5) is 19.2. The van der Waals surface area contributed by atoms with Gasteiger partial charge in [0.1, 0.15) is 17.5 Å². The highest BCUT2D eigenvalue weighted by Crippen LogP contribution is 2.33. The number of aromatic nitrogens is 2. The van der Waals surface area contributed by atoms with Crippen LogP contribution in [0.2, 0.25) is 0 Å². The molecule has 1 saturated heterocycles. The number of benzene rings is 3. The van der Waals surface area contributed by atoms with Gasteiger partial charge in [0.05, 0.1) is 17.6 Å². The van der Waals surface area contributed by atoms with Crippen molar-refractivity contribution in [1.82, 2.24) is 9.55 Å². The molecule has 1 aromatic heterocycles. The van der Waals surface area contributed by atoms with Gasteiger partial charge in [-0.15, -0.1) is 0 Å². The Morgan fingerprint density at radius 2 is 1.67 bits per heavy atom. The van der Waals surface area contributed by atoms with Crippen molar-refractivity contribution >= 4 is 22.6 Å². The van der Waals surface area contributed by atoms with Crippen LogP contribution in [0.3, 0.4) is 0 Å². The maximum atomic E-state index is 14.3. The molecule has 0 spiro atoms. The first-order valence-electron chi connectivity index (χ1n) is 9.84. The lowest BCUT2D eigenvalue weighted by Gasteiger charge is -2.17. The van der Waals surface area contributed by atoms with Crippen molar-refractivity contribution in [2.45, 2.75) is 18.9 Å². The Balaban J connectivity index is 1.53. The number of anilines is 1. The highest BCUT2D eigenvalue weighted by molar-refractivity contribution is 5.96. The van der Waals surface area contributed by atoms with E-state index < -0.39 is 0 Å². The third-order valence-electron chi connectivity index (χ3n) is 5.60. The number of carbonyl (C=O) groups is 1. The molecule has 150 valence electrons. The highest BCUT2D eigenvalue weighted by Gasteiger charge is 2.35. The molecule has 0 aliphatic carbocycles. The zero-order chi connectivity index (χ0) is 20.7. The van der Waals surface area contributed by atoms with Crippen molar-refractivity contribution in [3.63, 3.8) is 0 Å². The molecule has 6 heteroatoms. The van der Waals surface area contributed by atoms with E-state index in [0.717, 1.165) is 16.9 Å². The summed E-state index contributed by atoms with van der Waals surface area (Å²) in [5.74, 6) is -0.0134. The number of fused-ring (bicyclic) bond motifs is 1. The number of amides is 1. The smallest absolute Gasteiger partial charge is 0.227 e. The first-order chi connectivity index (χ1) is 14.6. The number of carbonyl (C=O) groups excluding carboxylic acids is 1. The number of halogens is 2. The van der Waals surface area contributed by atoms with E-state index in [2.05, 4.69) is 0 Å². The second-order valence-corrected chi connectivity index (χ2v) is 7.52. The Morgan fingerprint density at radius 3 is 2.47 bits per heavy atom. The predicted molar refractivity (Wildman–Crippen MR) is 111 cm³/mol. The van der Waals surface area contributed by atoms with Crippen LogP contribution < -0.4 is 4.90 Å². The first-order valence-corrected chi connectivity index (χ1v) is 9.84. The summed E-state index contributed by atoms with van der Waals surface area (Å²) in [7, 11) is 0. The van der Waals surface area contributed by atoms with E-state index in [1.807, 2.05) is 34.9 Å². The van der Waals surface area contributed by atoms with Crippen LogP contribution in [0.5, 0.6) is 0 Å². The maximum absolute atomic E-state index is 14.3. The van der Waals surface area contributed by atoms with Gasteiger partial charge in [0.25, 0.3) is 0 Å². The van der Waals surface area contributed by atoms with Crippen molar-refractivity contribution < 1.29 is 13.6 Å². The lowest BCUT2D eigenvalue weighted by Crippen LogP contribution is -2.24. The van der Waals surface area contributed by atoms with Gasteiger partial charge in [0, 0.05) is 30.1 Å². The number of hydrogen-bond acceptors (Lipinski definition) is 2. The Kier molecular flexibility index (Phi) is 4.54. The number of rotatable bonds is 4. The molecule has 0 radical (unpaired) electrons. The van der Waals surface area contributed by atoms with Crippen LogP contribution in [-0.4, -0.2) is 22.0 Å². The lowest BCUT2D eigenvalue weighted by molar-refractivity contribution is -0.117. The molecule has 0 saturated carbocycles. The predicted octanol–water partition coefficient (Wildman–Crippen LogP) is 4.88. The van der Waals surface area contributed by atoms with Crippen molar-refractivity contribution in [2.24, 2.45) is 0 Å². The van der Waals surface area contributed by atoms with E-state index in [4.69, 9.17) is 4.98 Å². The molecule has 1 aliphatic heterocycles. The van der Waals surface area contributed by atoms with Crippen molar-refractivity contribution in [3.8, 4) is 0 Å². The topological polar surface area (TPSA) is 38.1 Å². The fourth-order valence-electron chi connectivity index (χ4n) is 4.12. The Hall–Kier alpha value is -3.54. The largest absolute Gasteiger partial charge is 0.323 e. The SMILES string of the molecule is O=C1C[C@@H](c2nc3ccccc3n2Cc2ccccc2F)CN1c1ccc(F)cc1. The Labute approximate surface area is 172 Å². The van der Waals surface area contributed by atoms with Crippen LogP contribution >= 0.6 is 0 Å². The third-order valence-corrected chi connectivity index (χ3v) is 5.60. The fraction of sp³-hybridized carbons (Fsp3) is 0.167. The molecule has 2 heterocycles. The fourth-order valence-corrected chi connectivity index (χ4v) is 4.12. The quantitative estimate of drug-likeness (QED) is 0.487. The molecule has 1 amide bonds. The molecule has 0 N–H and O–H groups in total. The van der Waals surface area contributed by atoms with Gasteiger partial charge in [-0.3, -0.25) is 4.79 Å². The number of hydrogen-bond donors (Lipinski definition) is 0. The van der Waals surface area contributed by atoms with Crippen LogP contribution in [-0.2, 0) is 11.3 Å². The van der Waals surface area contributed by atoms with Crippen LogP contribution in [0, 0.1) is 11.6 Å². The summed E-state index contributed by atoms with van der Waals surface area (Å²) in [5, 5.41) is 0. The summed E-state index contributed by atoms with van der Waals surface area (Å²) in [6.45, 7) is 0.787. The number of nitrogens with zero attached hydrogens (tertiary/aromatic N) is 3. The zero-order valence-electron chi connectivity index (χ0n) is 16.1. The van der Waals surface area contributed by atoms with Crippen LogP contribution in [0.15, 0.2) is 72.8 Å². The number of para-hydroxylation sites is 2. The van der Waals surface area contributed by atoms with Gasteiger partial charge >= 0.3 is 0 Å². The second-order valence-electron chi connectivity index (χ2n) is 7.52. The summed E-state index contributed by atoms with van der Waals surface area (Å²) in [6.07, 6.45) is 0.304. The molecule has 5 rings (SSSR count). The lowest BCUT2D eigenvalue weighted by atomic mass is 10.1. The molecular formula is C24H19F2N3O. The highest BCUT2D eigenvalue weighted by atomic mass is 19.1. The van der Waals surface area contributed by atoms with Gasteiger partial charge in [-0.1, -0.05) is 30.3 Å². The molecule has 1 aliphatic rings. The average Bonchev–Trinajstić information content (AvgIpc) is 3.31. The zero-order valence-corrected chi connectivity index (χ0v) is 16.1. The van der Waals surface area contributed by atoms with Gasteiger partial charge < -0.3 is 9.47 Å². The van der Waals surface area contributed by atoms with Crippen LogP contribution in [0.4, 0.5) is 14.5 Å². The monoisotopic (exact) mass is 403 g/mol. The van der Waals surface area contributed by atoms with Gasteiger partial charge in [0.2, 0.25) is 5.91 Å². The molecule has 0 unspecified atom stereocenters. The molecule has 4 aromatic rings. The van der Waals surface area contributed by atoms with Crippen LogP contribution in [0.25, 0.3) is 11.0 Å². The minimum absolute atomic E-state index is 0.0314. The molecular weight excluding hydrogens is 384 g/mol. The van der Waals surface area contributed by atoms with Gasteiger partial charge in [-0.25, -0.2) is 13.8 Å². The van der Waals surface area contributed by atoms with E-state index in [1.54, 1.807) is 29.2 Å². The standard InChI is InChI=1S/C24H19F2N3O/c25-18-9-11-19(12-10-18)28-15-17(13-23(28)30)24-27-21-7-3-4-8-22(21)29(24)14-16-5-1-2-6-20(16)26/h1-12,17H,13-15H2/t17-/m1/s1. The van der Waals surface area contributed by atoms with Crippen molar-refractivity contribution in [3.05, 3.63) is 95.8 Å². The van der Waals surface area contributed by atoms with Gasteiger partial charge in [-0.2, -0.15) is 0 Å². The molecule has 1 fully saturated rings. The normalized spacial score (nSPS) is 16.5. The van der Waals surface area contributed by atoms with Gasteiger partial charge in [-0.05, 0) is 42.5 Å². The van der Waals surface area contributed by atoms with E-state index in [9.17, 15) is 13.6 Å². The molecule has 1 atom stereocenters. The molecule has 30 heavy (non-hydrogen) atoms. The first kappa shape index (κ1) is 18.5. The summed E-state index contributed by atoms with van der Waals surface area (Å²) in [5.41, 5.74) is 2.96. The third kappa shape index (κ3) is 3.24. The summed E-state index contributed by atoms with van der Waals surface area (Å²) >= 11 is 0. The van der Waals surface area contributed by atoms with E-state index in [1.165, 1.54) is 18.2 Å². The summed E-state index contributed by atoms with van der Waals surface area (Å²) < 4.78 is 29.6. The average molecular weight is 403 g/mol. The molecule has 3 aromatic carbocycles. The maximum Gasteiger partial charge on any atom is 0.227 e. The van der Waals surface area contributed by atoms with E-state index >= 15 is 0 Å². The summed E-state index contributed by atoms with van der Waals surface area (Å²) in [6, 6.07) is 20.3. The molecule has 0 bridgehead atoms. The van der Waals surface area contributed by atoms with Crippen molar-refractivity contribution in [1.29, 1.82) is 0 Å². The van der Waals surface area contributed by atoms with Gasteiger partial charge in [0.15, 0.2) is 0 Å². The van der Waals surface area contributed by atoms with E-state index in [0.29, 0.717) is 30.8 Å². The minimum Gasteiger partial charge on any atom is -0.323 e. The van der Waals surface area contributed by atoms with Crippen molar-refractivity contribution in [2.75, 3.05) is 11.4 Å². The number of imidazole rings is 1. The van der Waals surface area contributed by atoms with Crippen LogP contribution in [0.1, 0.15) is 23.7 Å². The second kappa shape index (κ2) is 7.37. The molecule has 4 nitrogen and oxygen atoms in total. The Bertz CT molecular complexity index is 1230. The van der Waals surface area contributed by atoms with E-state index in [-0.39, 0.29) is 23.5 Å². The minimum atomic E-state index is -0.339.